The summed E-state index contributed by atoms with van der Waals surface area (Å²) in [4.78, 5) is 13.7. The molecule has 1 saturated heterocycles. The average molecular weight is 508 g/mol. The molecule has 0 radical (unpaired) electrons. The first-order chi connectivity index (χ1) is 17.4. The molecule has 4 aromatic rings. The van der Waals surface area contributed by atoms with E-state index in [-0.39, 0.29) is 4.90 Å². The normalized spacial score (nSPS) is 16.4. The molecule has 0 amide bonds. The van der Waals surface area contributed by atoms with Gasteiger partial charge in [0.1, 0.15) is 17.5 Å². The molecular weight excluding hydrogens is 481 g/mol. The predicted octanol–water partition coefficient (Wildman–Crippen LogP) is 3.52. The number of rotatable bonds is 4. The van der Waals surface area contributed by atoms with Crippen molar-refractivity contribution in [1.29, 1.82) is 0 Å². The Labute approximate surface area is 209 Å². The second-order valence-electron chi connectivity index (χ2n) is 9.17. The van der Waals surface area contributed by atoms with Gasteiger partial charge in [0.25, 0.3) is 10.0 Å². The fourth-order valence-electron chi connectivity index (χ4n) is 5.01. The Bertz CT molecular complexity index is 1530. The molecule has 10 heteroatoms. The van der Waals surface area contributed by atoms with Crippen LogP contribution in [0.5, 0.6) is 0 Å². The number of hydrogen-bond acceptors (Lipinski definition) is 7. The highest BCUT2D eigenvalue weighted by molar-refractivity contribution is 7.90. The Morgan fingerprint density at radius 2 is 1.61 bits per heavy atom. The van der Waals surface area contributed by atoms with Crippen LogP contribution in [0.3, 0.4) is 0 Å². The van der Waals surface area contributed by atoms with Crippen LogP contribution in [0.25, 0.3) is 10.9 Å². The monoisotopic (exact) mass is 507 g/mol. The van der Waals surface area contributed by atoms with Crippen LogP contribution in [0.1, 0.15) is 16.8 Å². The molecule has 6 rings (SSSR count). The van der Waals surface area contributed by atoms with Crippen LogP contribution < -0.4 is 9.80 Å². The van der Waals surface area contributed by atoms with E-state index < -0.39 is 15.8 Å². The van der Waals surface area contributed by atoms with E-state index in [4.69, 9.17) is 4.74 Å². The quantitative estimate of drug-likeness (QED) is 0.418. The Kier molecular flexibility index (Phi) is 5.65. The average Bonchev–Trinajstić information content (AvgIpc) is 3.23. The molecule has 2 aliphatic rings. The molecule has 0 saturated carbocycles. The zero-order valence-electron chi connectivity index (χ0n) is 19.9. The number of fused-ring (bicyclic) bond motifs is 3. The third kappa shape index (κ3) is 3.90. The zero-order chi connectivity index (χ0) is 24.9. The van der Waals surface area contributed by atoms with E-state index in [0.29, 0.717) is 55.1 Å². The fourth-order valence-corrected chi connectivity index (χ4v) is 6.61. The van der Waals surface area contributed by atoms with Crippen LogP contribution in [-0.4, -0.2) is 55.2 Å². The number of halogens is 1. The van der Waals surface area contributed by atoms with Crippen LogP contribution in [0.15, 0.2) is 59.8 Å². The Balaban J connectivity index is 1.38. The van der Waals surface area contributed by atoms with E-state index in [0.717, 1.165) is 30.0 Å². The SMILES string of the molecule is Cc1ccc(S(=O)(=O)n2c3c(c4cc(F)ccc42)CN(c2cnc(N4CCOCC4)cn2)CC3)cc1. The van der Waals surface area contributed by atoms with Crippen molar-refractivity contribution >= 4 is 32.6 Å². The maximum absolute atomic E-state index is 14.3. The highest BCUT2D eigenvalue weighted by Gasteiger charge is 2.31. The van der Waals surface area contributed by atoms with Crippen LogP contribution in [0.4, 0.5) is 16.0 Å². The van der Waals surface area contributed by atoms with Gasteiger partial charge in [0.15, 0.2) is 0 Å². The van der Waals surface area contributed by atoms with Crippen LogP contribution in [-0.2, 0) is 27.7 Å². The third-order valence-electron chi connectivity index (χ3n) is 6.91. The van der Waals surface area contributed by atoms with Crippen molar-refractivity contribution in [2.24, 2.45) is 0 Å². The van der Waals surface area contributed by atoms with E-state index >= 15 is 0 Å². The summed E-state index contributed by atoms with van der Waals surface area (Å²) in [5.74, 6) is 1.11. The summed E-state index contributed by atoms with van der Waals surface area (Å²) in [7, 11) is -3.86. The molecule has 0 atom stereocenters. The van der Waals surface area contributed by atoms with Crippen LogP contribution in [0, 0.1) is 12.7 Å². The molecule has 2 aromatic carbocycles. The third-order valence-corrected chi connectivity index (χ3v) is 8.67. The number of aromatic nitrogens is 3. The van der Waals surface area contributed by atoms with Crippen molar-refractivity contribution in [2.75, 3.05) is 42.6 Å². The van der Waals surface area contributed by atoms with Gasteiger partial charge in [-0.05, 0) is 37.3 Å². The molecule has 0 spiro atoms. The van der Waals surface area contributed by atoms with Gasteiger partial charge >= 0.3 is 0 Å². The number of ether oxygens (including phenoxy) is 1. The summed E-state index contributed by atoms with van der Waals surface area (Å²) in [6, 6.07) is 11.1. The lowest BCUT2D eigenvalue weighted by atomic mass is 10.0. The molecule has 8 nitrogen and oxygen atoms in total. The molecule has 0 aliphatic carbocycles. The maximum Gasteiger partial charge on any atom is 0.268 e. The summed E-state index contributed by atoms with van der Waals surface area (Å²) in [6.07, 6.45) is 3.99. The first-order valence-electron chi connectivity index (χ1n) is 12.0. The van der Waals surface area contributed by atoms with E-state index in [2.05, 4.69) is 19.8 Å². The van der Waals surface area contributed by atoms with Crippen molar-refractivity contribution in [3.8, 4) is 0 Å². The Morgan fingerprint density at radius 3 is 2.31 bits per heavy atom. The summed E-state index contributed by atoms with van der Waals surface area (Å²) >= 11 is 0. The number of nitrogens with zero attached hydrogens (tertiary/aromatic N) is 5. The van der Waals surface area contributed by atoms with Crippen LogP contribution >= 0.6 is 0 Å². The Morgan fingerprint density at radius 1 is 0.917 bits per heavy atom. The van der Waals surface area contributed by atoms with Gasteiger partial charge in [-0.1, -0.05) is 17.7 Å². The Hall–Kier alpha value is -3.50. The molecule has 1 fully saturated rings. The molecule has 0 bridgehead atoms. The second kappa shape index (κ2) is 8.86. The molecular formula is C26H26FN5O3S. The summed E-state index contributed by atoms with van der Waals surface area (Å²) in [5, 5.41) is 0.600. The van der Waals surface area contributed by atoms with Crippen molar-refractivity contribution < 1.29 is 17.5 Å². The first-order valence-corrected chi connectivity index (χ1v) is 13.4. The number of anilines is 2. The van der Waals surface area contributed by atoms with Crippen molar-refractivity contribution in [2.45, 2.75) is 24.8 Å². The number of hydrogen-bond donors (Lipinski definition) is 0. The van der Waals surface area contributed by atoms with Gasteiger partial charge in [-0.25, -0.2) is 26.7 Å². The topological polar surface area (TPSA) is 80.6 Å². The largest absolute Gasteiger partial charge is 0.378 e. The van der Waals surface area contributed by atoms with Gasteiger partial charge in [-0.3, -0.25) is 0 Å². The van der Waals surface area contributed by atoms with E-state index in [1.54, 1.807) is 42.7 Å². The highest BCUT2D eigenvalue weighted by Crippen LogP contribution is 2.35. The standard InChI is InChI=1S/C26H26FN5O3S/c1-18-2-5-20(6-3-18)36(33,34)32-23-7-4-19(27)14-21(23)22-17-31(9-8-24(22)32)26-16-28-25(15-29-26)30-10-12-35-13-11-30/h2-7,14-16H,8-13,17H2,1H3. The number of benzene rings is 2. The molecule has 2 aromatic heterocycles. The zero-order valence-corrected chi connectivity index (χ0v) is 20.7. The number of morpholine rings is 1. The smallest absolute Gasteiger partial charge is 0.268 e. The predicted molar refractivity (Wildman–Crippen MR) is 135 cm³/mol. The van der Waals surface area contributed by atoms with Crippen molar-refractivity contribution in [3.05, 3.63) is 77.5 Å². The second-order valence-corrected chi connectivity index (χ2v) is 11.0. The molecule has 0 unspecified atom stereocenters. The first kappa shape index (κ1) is 22.9. The summed E-state index contributed by atoms with van der Waals surface area (Å²) in [6.45, 7) is 5.80. The minimum absolute atomic E-state index is 0.212. The van der Waals surface area contributed by atoms with Gasteiger partial charge in [0.05, 0.1) is 36.0 Å². The molecule has 186 valence electrons. The van der Waals surface area contributed by atoms with Crippen LogP contribution in [0.2, 0.25) is 0 Å². The van der Waals surface area contributed by atoms with Gasteiger partial charge in [-0.15, -0.1) is 0 Å². The molecule has 0 N–H and O–H groups in total. The molecule has 4 heterocycles. The fraction of sp³-hybridized carbons (Fsp3) is 0.308. The van der Waals surface area contributed by atoms with E-state index in [9.17, 15) is 12.8 Å². The van der Waals surface area contributed by atoms with E-state index in [1.165, 1.54) is 16.1 Å². The van der Waals surface area contributed by atoms with Gasteiger partial charge in [0, 0.05) is 49.2 Å². The lowest BCUT2D eigenvalue weighted by Gasteiger charge is -2.30. The number of aryl methyl sites for hydroxylation is 1. The van der Waals surface area contributed by atoms with Gasteiger partial charge in [-0.2, -0.15) is 0 Å². The maximum atomic E-state index is 14.3. The minimum atomic E-state index is -3.86. The highest BCUT2D eigenvalue weighted by atomic mass is 32.2. The van der Waals surface area contributed by atoms with E-state index in [1.807, 2.05) is 6.92 Å². The molecule has 36 heavy (non-hydrogen) atoms. The van der Waals surface area contributed by atoms with Gasteiger partial charge in [0.2, 0.25) is 0 Å². The van der Waals surface area contributed by atoms with Gasteiger partial charge < -0.3 is 14.5 Å². The van der Waals surface area contributed by atoms with Crippen molar-refractivity contribution in [1.82, 2.24) is 13.9 Å². The summed E-state index contributed by atoms with van der Waals surface area (Å²) in [5.41, 5.74) is 2.94. The minimum Gasteiger partial charge on any atom is -0.378 e. The molecule has 2 aliphatic heterocycles. The lowest BCUT2D eigenvalue weighted by molar-refractivity contribution is 0.122. The summed E-state index contributed by atoms with van der Waals surface area (Å²) < 4.78 is 48.6. The lowest BCUT2D eigenvalue weighted by Crippen LogP contribution is -2.37. The van der Waals surface area contributed by atoms with Crippen molar-refractivity contribution in [3.63, 3.8) is 0 Å².